The average molecular weight is 268 g/mol. The summed E-state index contributed by atoms with van der Waals surface area (Å²) in [4.78, 5) is 16.8. The second kappa shape index (κ2) is 9.49. The molecule has 0 saturated heterocycles. The Hall–Kier alpha value is -0.410. The monoisotopic (exact) mass is 268 g/mol. The summed E-state index contributed by atoms with van der Waals surface area (Å²) in [7, 11) is 0. The van der Waals surface area contributed by atoms with Crippen molar-refractivity contribution in [2.45, 2.75) is 52.9 Å². The minimum Gasteiger partial charge on any atom is -0.304 e. The van der Waals surface area contributed by atoms with E-state index in [4.69, 9.17) is 0 Å². The number of hydrogen-bond acceptors (Lipinski definition) is 3. The van der Waals surface area contributed by atoms with Crippen molar-refractivity contribution in [3.05, 3.63) is 0 Å². The summed E-state index contributed by atoms with van der Waals surface area (Å²) in [5.41, 5.74) is 0. The van der Waals surface area contributed by atoms with Crippen LogP contribution in [0.4, 0.5) is 0 Å². The summed E-state index contributed by atoms with van der Waals surface area (Å²) in [5.74, 6) is 0.829. The third-order valence-electron chi connectivity index (χ3n) is 4.45. The number of Topliss-reactive ketones (excluding diaryl/α,β-unsaturated/α-hetero) is 1. The molecule has 1 aliphatic carbocycles. The first kappa shape index (κ1) is 16.6. The first-order chi connectivity index (χ1) is 9.21. The summed E-state index contributed by atoms with van der Waals surface area (Å²) in [6.07, 6.45) is 5.51. The van der Waals surface area contributed by atoms with Crippen molar-refractivity contribution in [1.82, 2.24) is 9.80 Å². The lowest BCUT2D eigenvalue weighted by molar-refractivity contribution is -0.125. The molecular weight excluding hydrogens is 236 g/mol. The fourth-order valence-corrected chi connectivity index (χ4v) is 3.00. The zero-order valence-electron chi connectivity index (χ0n) is 13.2. The smallest absolute Gasteiger partial charge is 0.137 e. The second-order valence-electron chi connectivity index (χ2n) is 5.68. The van der Waals surface area contributed by atoms with Crippen molar-refractivity contribution in [3.63, 3.8) is 0 Å². The highest BCUT2D eigenvalue weighted by Gasteiger charge is 2.23. The molecule has 3 nitrogen and oxygen atoms in total. The van der Waals surface area contributed by atoms with Gasteiger partial charge in [0, 0.05) is 18.9 Å². The van der Waals surface area contributed by atoms with Gasteiger partial charge in [-0.25, -0.2) is 0 Å². The molecule has 0 N–H and O–H groups in total. The van der Waals surface area contributed by atoms with Gasteiger partial charge < -0.3 is 9.80 Å². The van der Waals surface area contributed by atoms with Gasteiger partial charge in [-0.15, -0.1) is 0 Å². The average Bonchev–Trinajstić information content (AvgIpc) is 2.44. The molecule has 0 spiro atoms. The van der Waals surface area contributed by atoms with Crippen LogP contribution >= 0.6 is 0 Å². The highest BCUT2D eigenvalue weighted by molar-refractivity contribution is 5.81. The van der Waals surface area contributed by atoms with Crippen LogP contribution in [-0.4, -0.2) is 54.9 Å². The molecule has 1 saturated carbocycles. The van der Waals surface area contributed by atoms with Crippen molar-refractivity contribution in [2.24, 2.45) is 5.92 Å². The molecule has 0 aliphatic heterocycles. The molecule has 19 heavy (non-hydrogen) atoms. The van der Waals surface area contributed by atoms with E-state index in [1.54, 1.807) is 0 Å². The number of carbonyl (C=O) groups excluding carboxylic acids is 1. The molecule has 3 heteroatoms. The Labute approximate surface area is 119 Å². The molecule has 1 unspecified atom stereocenters. The van der Waals surface area contributed by atoms with Gasteiger partial charge in [0.15, 0.2) is 0 Å². The van der Waals surface area contributed by atoms with Crippen LogP contribution in [0.3, 0.4) is 0 Å². The van der Waals surface area contributed by atoms with Gasteiger partial charge in [0.2, 0.25) is 0 Å². The van der Waals surface area contributed by atoms with E-state index in [9.17, 15) is 4.79 Å². The standard InChI is InChI=1S/C16H32N2O/c1-4-17(5-2)12-9-13-18(6-3)14-15-10-7-8-11-16(15)19/h15H,4-14H2,1-3H3. The van der Waals surface area contributed by atoms with Crippen LogP contribution in [0, 0.1) is 5.92 Å². The Bertz CT molecular complexity index is 251. The highest BCUT2D eigenvalue weighted by Crippen LogP contribution is 2.21. The summed E-state index contributed by atoms with van der Waals surface area (Å²) in [6, 6.07) is 0. The molecule has 0 bridgehead atoms. The van der Waals surface area contributed by atoms with Crippen LogP contribution in [0.1, 0.15) is 52.9 Å². The third-order valence-corrected chi connectivity index (χ3v) is 4.45. The number of ketones is 1. The molecule has 0 amide bonds. The van der Waals surface area contributed by atoms with Gasteiger partial charge in [-0.2, -0.15) is 0 Å². The summed E-state index contributed by atoms with van der Waals surface area (Å²) in [5, 5.41) is 0. The molecule has 1 aliphatic rings. The molecule has 0 aromatic rings. The first-order valence-electron chi connectivity index (χ1n) is 8.18. The van der Waals surface area contributed by atoms with Crippen molar-refractivity contribution >= 4 is 5.78 Å². The zero-order valence-corrected chi connectivity index (χ0v) is 13.2. The van der Waals surface area contributed by atoms with Gasteiger partial charge in [-0.3, -0.25) is 4.79 Å². The predicted molar refractivity (Wildman–Crippen MR) is 81.5 cm³/mol. The molecular formula is C16H32N2O. The molecule has 0 heterocycles. The van der Waals surface area contributed by atoms with Crippen LogP contribution in [0.15, 0.2) is 0 Å². The number of nitrogens with zero attached hydrogens (tertiary/aromatic N) is 2. The zero-order chi connectivity index (χ0) is 14.1. The SMILES string of the molecule is CCN(CC)CCCN(CC)CC1CCCCC1=O. The maximum absolute atomic E-state index is 11.9. The molecule has 0 aromatic carbocycles. The molecule has 1 atom stereocenters. The molecule has 0 radical (unpaired) electrons. The van der Waals surface area contributed by atoms with Gasteiger partial charge in [0.25, 0.3) is 0 Å². The Morgan fingerprint density at radius 3 is 2.21 bits per heavy atom. The minimum absolute atomic E-state index is 0.321. The van der Waals surface area contributed by atoms with Crippen molar-refractivity contribution in [1.29, 1.82) is 0 Å². The summed E-state index contributed by atoms with van der Waals surface area (Å²) >= 11 is 0. The molecule has 1 fully saturated rings. The lowest BCUT2D eigenvalue weighted by Crippen LogP contribution is -2.36. The number of carbonyl (C=O) groups is 1. The van der Waals surface area contributed by atoms with E-state index in [0.29, 0.717) is 11.7 Å². The number of hydrogen-bond donors (Lipinski definition) is 0. The fourth-order valence-electron chi connectivity index (χ4n) is 3.00. The Morgan fingerprint density at radius 2 is 1.63 bits per heavy atom. The van der Waals surface area contributed by atoms with E-state index >= 15 is 0 Å². The molecule has 112 valence electrons. The maximum Gasteiger partial charge on any atom is 0.137 e. The van der Waals surface area contributed by atoms with E-state index in [2.05, 4.69) is 30.6 Å². The topological polar surface area (TPSA) is 23.6 Å². The minimum atomic E-state index is 0.321. The Morgan fingerprint density at radius 1 is 1.00 bits per heavy atom. The van der Waals surface area contributed by atoms with E-state index in [1.807, 2.05) is 0 Å². The maximum atomic E-state index is 11.9. The van der Waals surface area contributed by atoms with E-state index in [-0.39, 0.29) is 0 Å². The van der Waals surface area contributed by atoms with Crippen LogP contribution in [0.2, 0.25) is 0 Å². The predicted octanol–water partition coefficient (Wildman–Crippen LogP) is 2.80. The van der Waals surface area contributed by atoms with E-state index < -0.39 is 0 Å². The van der Waals surface area contributed by atoms with Gasteiger partial charge in [-0.1, -0.05) is 27.2 Å². The van der Waals surface area contributed by atoms with Crippen LogP contribution in [0.5, 0.6) is 0 Å². The Balaban J connectivity index is 2.26. The summed E-state index contributed by atoms with van der Waals surface area (Å²) in [6.45, 7) is 13.3. The second-order valence-corrected chi connectivity index (χ2v) is 5.68. The van der Waals surface area contributed by atoms with Crippen LogP contribution < -0.4 is 0 Å². The van der Waals surface area contributed by atoms with Crippen LogP contribution in [0.25, 0.3) is 0 Å². The van der Waals surface area contributed by atoms with Gasteiger partial charge in [0.1, 0.15) is 5.78 Å². The number of rotatable bonds is 9. The van der Waals surface area contributed by atoms with Crippen LogP contribution in [-0.2, 0) is 4.79 Å². The van der Waals surface area contributed by atoms with Gasteiger partial charge in [-0.05, 0) is 52.0 Å². The highest BCUT2D eigenvalue weighted by atomic mass is 16.1. The molecule has 1 rings (SSSR count). The normalized spacial score (nSPS) is 20.5. The van der Waals surface area contributed by atoms with Crippen molar-refractivity contribution < 1.29 is 4.79 Å². The molecule has 0 aromatic heterocycles. The third kappa shape index (κ3) is 6.05. The lowest BCUT2D eigenvalue weighted by Gasteiger charge is -2.28. The van der Waals surface area contributed by atoms with Gasteiger partial charge in [0.05, 0.1) is 0 Å². The Kier molecular flexibility index (Phi) is 8.31. The summed E-state index contributed by atoms with van der Waals surface area (Å²) < 4.78 is 0. The quantitative estimate of drug-likeness (QED) is 0.642. The lowest BCUT2D eigenvalue weighted by atomic mass is 9.87. The van der Waals surface area contributed by atoms with E-state index in [1.165, 1.54) is 19.4 Å². The fraction of sp³-hybridized carbons (Fsp3) is 0.938. The van der Waals surface area contributed by atoms with Crippen molar-refractivity contribution in [2.75, 3.05) is 39.3 Å². The van der Waals surface area contributed by atoms with E-state index in [0.717, 1.165) is 52.0 Å². The van der Waals surface area contributed by atoms with Gasteiger partial charge >= 0.3 is 0 Å². The van der Waals surface area contributed by atoms with Crippen molar-refractivity contribution in [3.8, 4) is 0 Å². The first-order valence-corrected chi connectivity index (χ1v) is 8.18. The largest absolute Gasteiger partial charge is 0.304 e.